The number of carbonyl (C=O) groups excluding carboxylic acids is 1. The second-order valence-electron chi connectivity index (χ2n) is 3.89. The minimum absolute atomic E-state index is 0.0535. The van der Waals surface area contributed by atoms with Crippen LogP contribution in [0.25, 0.3) is 0 Å². The van der Waals surface area contributed by atoms with Gasteiger partial charge in [-0.2, -0.15) is 5.26 Å². The van der Waals surface area contributed by atoms with Gasteiger partial charge in [-0.15, -0.1) is 0 Å². The summed E-state index contributed by atoms with van der Waals surface area (Å²) in [5, 5.41) is 14.1. The highest BCUT2D eigenvalue weighted by atomic mass is 16.5. The quantitative estimate of drug-likeness (QED) is 0.555. The summed E-state index contributed by atoms with van der Waals surface area (Å²) in [7, 11) is 0. The molecule has 0 aromatic carbocycles. The molecular weight excluding hydrogens is 220 g/mol. The first-order chi connectivity index (χ1) is 8.33. The molecule has 1 aliphatic heterocycles. The lowest BCUT2D eigenvalue weighted by Crippen LogP contribution is -2.42. The van der Waals surface area contributed by atoms with Crippen LogP contribution >= 0.6 is 0 Å². The molecule has 1 rings (SSSR count). The van der Waals surface area contributed by atoms with Gasteiger partial charge in [-0.05, 0) is 0 Å². The number of nitrogens with one attached hydrogen (secondary N) is 2. The minimum atomic E-state index is -0.0535. The van der Waals surface area contributed by atoms with Crippen molar-refractivity contribution in [3.05, 3.63) is 0 Å². The Kier molecular flexibility index (Phi) is 7.30. The molecule has 1 aliphatic rings. The van der Waals surface area contributed by atoms with E-state index in [9.17, 15) is 4.79 Å². The summed E-state index contributed by atoms with van der Waals surface area (Å²) in [6.45, 7) is 6.02. The molecule has 2 N–H and O–H groups in total. The third kappa shape index (κ3) is 6.89. The maximum Gasteiger partial charge on any atom is 0.233 e. The molecule has 1 fully saturated rings. The van der Waals surface area contributed by atoms with Gasteiger partial charge in [0.1, 0.15) is 0 Å². The zero-order valence-corrected chi connectivity index (χ0v) is 10.1. The van der Waals surface area contributed by atoms with E-state index in [0.717, 1.165) is 39.4 Å². The molecule has 1 heterocycles. The van der Waals surface area contributed by atoms with Crippen molar-refractivity contribution in [3.63, 3.8) is 0 Å². The minimum Gasteiger partial charge on any atom is -0.379 e. The first-order valence-electron chi connectivity index (χ1n) is 5.97. The lowest BCUT2D eigenvalue weighted by atomic mass is 10.4. The molecule has 6 nitrogen and oxygen atoms in total. The predicted octanol–water partition coefficient (Wildman–Crippen LogP) is -1.06. The number of hydrogen-bond acceptors (Lipinski definition) is 5. The SMILES string of the molecule is N#CCCNC(=O)CNCCN1CCOCC1. The second kappa shape index (κ2) is 8.93. The number of morpholine rings is 1. The van der Waals surface area contributed by atoms with Gasteiger partial charge in [-0.1, -0.05) is 0 Å². The average Bonchev–Trinajstić information content (AvgIpc) is 2.36. The number of ether oxygens (including phenoxy) is 1. The molecule has 0 atom stereocenters. The maximum absolute atomic E-state index is 11.3. The summed E-state index contributed by atoms with van der Waals surface area (Å²) < 4.78 is 5.25. The van der Waals surface area contributed by atoms with Crippen LogP contribution in [-0.2, 0) is 9.53 Å². The van der Waals surface area contributed by atoms with Crippen molar-refractivity contribution < 1.29 is 9.53 Å². The second-order valence-corrected chi connectivity index (χ2v) is 3.89. The molecule has 0 radical (unpaired) electrons. The van der Waals surface area contributed by atoms with Crippen molar-refractivity contribution in [1.82, 2.24) is 15.5 Å². The van der Waals surface area contributed by atoms with Crippen LogP contribution in [-0.4, -0.2) is 63.3 Å². The van der Waals surface area contributed by atoms with Crippen molar-refractivity contribution >= 4 is 5.91 Å². The van der Waals surface area contributed by atoms with E-state index < -0.39 is 0 Å². The summed E-state index contributed by atoms with van der Waals surface area (Å²) in [5.74, 6) is -0.0535. The Hall–Kier alpha value is -1.16. The van der Waals surface area contributed by atoms with Crippen LogP contribution in [0, 0.1) is 11.3 Å². The Bertz CT molecular complexity index is 259. The van der Waals surface area contributed by atoms with E-state index in [2.05, 4.69) is 15.5 Å². The molecule has 96 valence electrons. The highest BCUT2D eigenvalue weighted by molar-refractivity contribution is 5.77. The van der Waals surface area contributed by atoms with Gasteiger partial charge in [-0.25, -0.2) is 0 Å². The zero-order chi connectivity index (χ0) is 12.3. The van der Waals surface area contributed by atoms with E-state index in [1.165, 1.54) is 0 Å². The van der Waals surface area contributed by atoms with Gasteiger partial charge in [0.15, 0.2) is 0 Å². The molecular formula is C11H20N4O2. The topological polar surface area (TPSA) is 77.4 Å². The van der Waals surface area contributed by atoms with Gasteiger partial charge in [0.05, 0.1) is 32.2 Å². The number of hydrogen-bond donors (Lipinski definition) is 2. The van der Waals surface area contributed by atoms with Crippen molar-refractivity contribution in [2.45, 2.75) is 6.42 Å². The fraction of sp³-hybridized carbons (Fsp3) is 0.818. The third-order valence-electron chi connectivity index (χ3n) is 2.55. The summed E-state index contributed by atoms with van der Waals surface area (Å²) in [4.78, 5) is 13.6. The molecule has 1 amide bonds. The van der Waals surface area contributed by atoms with Crippen molar-refractivity contribution in [2.24, 2.45) is 0 Å². The summed E-state index contributed by atoms with van der Waals surface area (Å²) >= 11 is 0. The van der Waals surface area contributed by atoms with E-state index in [1.54, 1.807) is 0 Å². The highest BCUT2D eigenvalue weighted by Gasteiger charge is 2.09. The van der Waals surface area contributed by atoms with E-state index in [4.69, 9.17) is 10.00 Å². The fourth-order valence-corrected chi connectivity index (χ4v) is 1.58. The zero-order valence-electron chi connectivity index (χ0n) is 10.1. The molecule has 0 aromatic rings. The molecule has 0 unspecified atom stereocenters. The van der Waals surface area contributed by atoms with Crippen molar-refractivity contribution in [2.75, 3.05) is 52.5 Å². The molecule has 0 saturated carbocycles. The molecule has 1 saturated heterocycles. The van der Waals surface area contributed by atoms with Gasteiger partial charge < -0.3 is 15.4 Å². The maximum atomic E-state index is 11.3. The standard InChI is InChI=1S/C11H20N4O2/c12-2-1-3-14-11(16)10-13-4-5-15-6-8-17-9-7-15/h13H,1,3-10H2,(H,14,16). The lowest BCUT2D eigenvalue weighted by molar-refractivity contribution is -0.120. The van der Waals surface area contributed by atoms with Crippen LogP contribution in [0.5, 0.6) is 0 Å². The van der Waals surface area contributed by atoms with Crippen molar-refractivity contribution in [3.8, 4) is 6.07 Å². The van der Waals surface area contributed by atoms with Crippen LogP contribution in [0.1, 0.15) is 6.42 Å². The highest BCUT2D eigenvalue weighted by Crippen LogP contribution is 1.94. The monoisotopic (exact) mass is 240 g/mol. The molecule has 0 bridgehead atoms. The van der Waals surface area contributed by atoms with Crippen LogP contribution in [0.15, 0.2) is 0 Å². The molecule has 6 heteroatoms. The fourth-order valence-electron chi connectivity index (χ4n) is 1.58. The average molecular weight is 240 g/mol. The summed E-state index contributed by atoms with van der Waals surface area (Å²) in [6.07, 6.45) is 0.361. The first-order valence-corrected chi connectivity index (χ1v) is 5.97. The van der Waals surface area contributed by atoms with Crippen molar-refractivity contribution in [1.29, 1.82) is 5.26 Å². The Morgan fingerprint density at radius 2 is 2.12 bits per heavy atom. The number of rotatable bonds is 7. The number of carbonyl (C=O) groups is 1. The Morgan fingerprint density at radius 1 is 1.35 bits per heavy atom. The molecule has 0 aromatic heterocycles. The van der Waals surface area contributed by atoms with E-state index >= 15 is 0 Å². The van der Waals surface area contributed by atoms with Crippen LogP contribution in [0.4, 0.5) is 0 Å². The van der Waals surface area contributed by atoms with Gasteiger partial charge in [0.25, 0.3) is 0 Å². The largest absolute Gasteiger partial charge is 0.379 e. The predicted molar refractivity (Wildman–Crippen MR) is 63.4 cm³/mol. The van der Waals surface area contributed by atoms with Crippen LogP contribution < -0.4 is 10.6 Å². The van der Waals surface area contributed by atoms with E-state index in [0.29, 0.717) is 19.5 Å². The normalized spacial score (nSPS) is 16.4. The number of nitriles is 1. The lowest BCUT2D eigenvalue weighted by Gasteiger charge is -2.26. The Morgan fingerprint density at radius 3 is 2.82 bits per heavy atom. The summed E-state index contributed by atoms with van der Waals surface area (Å²) in [6, 6.07) is 1.98. The van der Waals surface area contributed by atoms with Crippen LogP contribution in [0.3, 0.4) is 0 Å². The molecule has 0 spiro atoms. The van der Waals surface area contributed by atoms with E-state index in [1.807, 2.05) is 6.07 Å². The summed E-state index contributed by atoms with van der Waals surface area (Å²) in [5.41, 5.74) is 0. The van der Waals surface area contributed by atoms with Crippen LogP contribution in [0.2, 0.25) is 0 Å². The van der Waals surface area contributed by atoms with Gasteiger partial charge in [0.2, 0.25) is 5.91 Å². The third-order valence-corrected chi connectivity index (χ3v) is 2.55. The van der Waals surface area contributed by atoms with Gasteiger partial charge in [0, 0.05) is 32.7 Å². The molecule has 17 heavy (non-hydrogen) atoms. The smallest absolute Gasteiger partial charge is 0.233 e. The Labute approximate surface area is 102 Å². The number of amides is 1. The van der Waals surface area contributed by atoms with Gasteiger partial charge in [-0.3, -0.25) is 9.69 Å². The van der Waals surface area contributed by atoms with Gasteiger partial charge >= 0.3 is 0 Å². The number of nitrogens with zero attached hydrogens (tertiary/aromatic N) is 2. The first kappa shape index (κ1) is 13.9. The molecule has 0 aliphatic carbocycles. The Balaban J connectivity index is 1.92. The van der Waals surface area contributed by atoms with E-state index in [-0.39, 0.29) is 5.91 Å².